The Bertz CT molecular complexity index is 1040. The summed E-state index contributed by atoms with van der Waals surface area (Å²) < 4.78 is 0. The minimum absolute atomic E-state index is 0.169. The van der Waals surface area contributed by atoms with Crippen molar-refractivity contribution in [2.45, 2.75) is 30.7 Å². The minimum atomic E-state index is 0.169. The predicted molar refractivity (Wildman–Crippen MR) is 129 cm³/mol. The summed E-state index contributed by atoms with van der Waals surface area (Å²) in [6.07, 6.45) is 7.34. The van der Waals surface area contributed by atoms with E-state index in [1.54, 1.807) is 23.1 Å². The maximum Gasteiger partial charge on any atom is 0.228 e. The van der Waals surface area contributed by atoms with Gasteiger partial charge in [0.1, 0.15) is 5.01 Å². The average molecular weight is 450 g/mol. The standard InChI is InChI=1S/C25H27N3OS2/c1-30-20-9-7-19(8-10-20)27-23(29)22-15-25(22)11-13-28(14-12-25)17-21-16-26-24(31-21)18-5-3-2-4-6-18/h2-10,16,22H,11-15,17H2,1H3,(H,27,29). The number of benzene rings is 2. The lowest BCUT2D eigenvalue weighted by atomic mass is 9.90. The summed E-state index contributed by atoms with van der Waals surface area (Å²) in [5.41, 5.74) is 2.32. The number of anilines is 1. The van der Waals surface area contributed by atoms with Crippen molar-refractivity contribution in [2.75, 3.05) is 24.7 Å². The van der Waals surface area contributed by atoms with Crippen molar-refractivity contribution in [2.24, 2.45) is 11.3 Å². The van der Waals surface area contributed by atoms with Crippen LogP contribution in [0, 0.1) is 11.3 Å². The molecule has 1 saturated carbocycles. The van der Waals surface area contributed by atoms with Crippen molar-refractivity contribution in [3.05, 3.63) is 65.7 Å². The lowest BCUT2D eigenvalue weighted by molar-refractivity contribution is -0.118. The van der Waals surface area contributed by atoms with Gasteiger partial charge in [-0.1, -0.05) is 30.3 Å². The Morgan fingerprint density at radius 2 is 1.90 bits per heavy atom. The molecule has 160 valence electrons. The highest BCUT2D eigenvalue weighted by atomic mass is 32.2. The van der Waals surface area contributed by atoms with Gasteiger partial charge in [-0.25, -0.2) is 4.98 Å². The first kappa shape index (κ1) is 20.7. The van der Waals surface area contributed by atoms with E-state index in [4.69, 9.17) is 0 Å². The summed E-state index contributed by atoms with van der Waals surface area (Å²) in [6.45, 7) is 3.08. The van der Waals surface area contributed by atoms with Gasteiger partial charge in [-0.2, -0.15) is 0 Å². The molecule has 1 saturated heterocycles. The molecule has 2 heterocycles. The molecule has 1 N–H and O–H groups in total. The minimum Gasteiger partial charge on any atom is -0.326 e. The SMILES string of the molecule is CSc1ccc(NC(=O)C2CC23CCN(Cc2cnc(-c4ccccc4)s2)CC3)cc1. The van der Waals surface area contributed by atoms with Crippen molar-refractivity contribution in [3.8, 4) is 10.6 Å². The molecule has 3 aromatic rings. The fourth-order valence-electron chi connectivity index (χ4n) is 4.65. The van der Waals surface area contributed by atoms with Crippen LogP contribution in [0.5, 0.6) is 0 Å². The van der Waals surface area contributed by atoms with Gasteiger partial charge >= 0.3 is 0 Å². The highest BCUT2D eigenvalue weighted by Crippen LogP contribution is 2.59. The Balaban J connectivity index is 1.12. The molecule has 1 amide bonds. The van der Waals surface area contributed by atoms with Crippen molar-refractivity contribution in [3.63, 3.8) is 0 Å². The first-order chi connectivity index (χ1) is 15.1. The number of likely N-dealkylation sites (tertiary alicyclic amines) is 1. The van der Waals surface area contributed by atoms with E-state index >= 15 is 0 Å². The Kier molecular flexibility index (Phi) is 5.87. The molecule has 4 nitrogen and oxygen atoms in total. The van der Waals surface area contributed by atoms with E-state index < -0.39 is 0 Å². The van der Waals surface area contributed by atoms with E-state index in [1.165, 1.54) is 15.3 Å². The predicted octanol–water partition coefficient (Wildman–Crippen LogP) is 5.77. The quantitative estimate of drug-likeness (QED) is 0.485. The zero-order valence-electron chi connectivity index (χ0n) is 17.7. The number of nitrogens with one attached hydrogen (secondary N) is 1. The fraction of sp³-hybridized carbons (Fsp3) is 0.360. The molecular formula is C25H27N3OS2. The molecule has 2 aliphatic rings. The van der Waals surface area contributed by atoms with Crippen LogP contribution in [0.25, 0.3) is 10.6 Å². The first-order valence-electron chi connectivity index (χ1n) is 10.8. The van der Waals surface area contributed by atoms with Crippen LogP contribution in [-0.2, 0) is 11.3 Å². The molecule has 1 atom stereocenters. The summed E-state index contributed by atoms with van der Waals surface area (Å²) in [5.74, 6) is 0.364. The number of nitrogens with zero attached hydrogens (tertiary/aromatic N) is 2. The molecule has 1 spiro atoms. The molecule has 2 aromatic carbocycles. The number of thioether (sulfide) groups is 1. The van der Waals surface area contributed by atoms with E-state index in [2.05, 4.69) is 57.9 Å². The van der Waals surface area contributed by atoms with E-state index in [1.807, 2.05) is 24.4 Å². The van der Waals surface area contributed by atoms with Crippen LogP contribution in [0.2, 0.25) is 0 Å². The number of hydrogen-bond acceptors (Lipinski definition) is 5. The van der Waals surface area contributed by atoms with Crippen LogP contribution in [0.4, 0.5) is 5.69 Å². The van der Waals surface area contributed by atoms with Crippen LogP contribution in [0.15, 0.2) is 65.7 Å². The number of aromatic nitrogens is 1. The maximum absolute atomic E-state index is 12.8. The third-order valence-electron chi connectivity index (χ3n) is 6.67. The molecule has 1 aliphatic carbocycles. The molecule has 6 heteroatoms. The summed E-state index contributed by atoms with van der Waals surface area (Å²) in [4.78, 5) is 22.4. The number of carbonyl (C=O) groups is 1. The number of piperidine rings is 1. The van der Waals surface area contributed by atoms with Gasteiger partial charge in [-0.3, -0.25) is 9.69 Å². The molecule has 5 rings (SSSR count). The molecule has 31 heavy (non-hydrogen) atoms. The summed E-state index contributed by atoms with van der Waals surface area (Å²) in [5, 5.41) is 4.22. The van der Waals surface area contributed by atoms with Crippen molar-refractivity contribution in [1.29, 1.82) is 0 Å². The van der Waals surface area contributed by atoms with Crippen molar-refractivity contribution < 1.29 is 4.79 Å². The van der Waals surface area contributed by atoms with Gasteiger partial charge in [0, 0.05) is 39.7 Å². The Morgan fingerprint density at radius 1 is 1.16 bits per heavy atom. The number of thiazole rings is 1. The highest BCUT2D eigenvalue weighted by molar-refractivity contribution is 7.98. The van der Waals surface area contributed by atoms with Gasteiger partial charge in [0.05, 0.1) is 0 Å². The topological polar surface area (TPSA) is 45.2 Å². The smallest absolute Gasteiger partial charge is 0.228 e. The van der Waals surface area contributed by atoms with Crippen molar-refractivity contribution >= 4 is 34.7 Å². The largest absolute Gasteiger partial charge is 0.326 e. The molecule has 1 aromatic heterocycles. The fourth-order valence-corrected chi connectivity index (χ4v) is 6.01. The Hall–Kier alpha value is -2.15. The summed E-state index contributed by atoms with van der Waals surface area (Å²) >= 11 is 3.50. The third kappa shape index (κ3) is 4.56. The highest BCUT2D eigenvalue weighted by Gasteiger charge is 2.58. The number of carbonyl (C=O) groups excluding carboxylic acids is 1. The molecular weight excluding hydrogens is 422 g/mol. The van der Waals surface area contributed by atoms with Gasteiger partial charge < -0.3 is 5.32 Å². The molecule has 0 bridgehead atoms. The van der Waals surface area contributed by atoms with Crippen LogP contribution < -0.4 is 5.32 Å². The summed E-state index contributed by atoms with van der Waals surface area (Å²) in [7, 11) is 0. The van der Waals surface area contributed by atoms with Gasteiger partial charge in [0.15, 0.2) is 0 Å². The second kappa shape index (κ2) is 8.77. The van der Waals surface area contributed by atoms with Gasteiger partial charge in [0.2, 0.25) is 5.91 Å². The molecule has 1 aliphatic heterocycles. The van der Waals surface area contributed by atoms with Gasteiger partial charge in [0.25, 0.3) is 0 Å². The average Bonchev–Trinajstić information content (AvgIpc) is 3.31. The monoisotopic (exact) mass is 449 g/mol. The second-order valence-corrected chi connectivity index (χ2v) is 10.6. The van der Waals surface area contributed by atoms with Crippen LogP contribution in [-0.4, -0.2) is 35.1 Å². The number of rotatable bonds is 6. The van der Waals surface area contributed by atoms with E-state index in [9.17, 15) is 4.79 Å². The maximum atomic E-state index is 12.8. The summed E-state index contributed by atoms with van der Waals surface area (Å²) in [6, 6.07) is 18.5. The zero-order chi connectivity index (χ0) is 21.3. The Labute approximate surface area is 192 Å². The van der Waals surface area contributed by atoms with E-state index in [0.29, 0.717) is 0 Å². The lowest BCUT2D eigenvalue weighted by Gasteiger charge is -2.32. The lowest BCUT2D eigenvalue weighted by Crippen LogP contribution is -2.35. The van der Waals surface area contributed by atoms with E-state index in [-0.39, 0.29) is 17.2 Å². The molecule has 0 radical (unpaired) electrons. The Morgan fingerprint density at radius 3 is 2.61 bits per heavy atom. The normalized spacial score (nSPS) is 20.0. The van der Waals surface area contributed by atoms with Crippen LogP contribution >= 0.6 is 23.1 Å². The molecule has 2 fully saturated rings. The van der Waals surface area contributed by atoms with Crippen LogP contribution in [0.1, 0.15) is 24.1 Å². The second-order valence-electron chi connectivity index (χ2n) is 8.61. The first-order valence-corrected chi connectivity index (χ1v) is 12.9. The van der Waals surface area contributed by atoms with E-state index in [0.717, 1.165) is 49.6 Å². The van der Waals surface area contributed by atoms with Gasteiger partial charge in [-0.05, 0) is 68.3 Å². The number of amides is 1. The number of hydrogen-bond donors (Lipinski definition) is 1. The van der Waals surface area contributed by atoms with Crippen molar-refractivity contribution in [1.82, 2.24) is 9.88 Å². The van der Waals surface area contributed by atoms with Crippen LogP contribution in [0.3, 0.4) is 0 Å². The zero-order valence-corrected chi connectivity index (χ0v) is 19.3. The third-order valence-corrected chi connectivity index (χ3v) is 8.44. The van der Waals surface area contributed by atoms with Gasteiger partial charge in [-0.15, -0.1) is 23.1 Å². The molecule has 1 unspecified atom stereocenters.